The van der Waals surface area contributed by atoms with Gasteiger partial charge < -0.3 is 10.6 Å². The molecule has 108 valence electrons. The molecule has 0 spiro atoms. The number of hydrogen-bond donors (Lipinski definition) is 1. The molecule has 0 radical (unpaired) electrons. The van der Waals surface area contributed by atoms with Crippen LogP contribution in [0.25, 0.3) is 0 Å². The Morgan fingerprint density at radius 1 is 1.26 bits per heavy atom. The number of sulfone groups is 1. The van der Waals surface area contributed by atoms with Gasteiger partial charge in [0.25, 0.3) is 0 Å². The lowest BCUT2D eigenvalue weighted by Crippen LogP contribution is -2.30. The van der Waals surface area contributed by atoms with E-state index >= 15 is 0 Å². The van der Waals surface area contributed by atoms with Crippen molar-refractivity contribution in [3.05, 3.63) is 24.3 Å². The molecule has 1 rings (SSSR count). The highest BCUT2D eigenvalue weighted by Crippen LogP contribution is 2.22. The smallest absolute Gasteiger partial charge is 0.341 e. The van der Waals surface area contributed by atoms with Crippen LogP contribution in [-0.4, -0.2) is 33.8 Å². The van der Waals surface area contributed by atoms with Crippen LogP contribution in [-0.2, 0) is 9.84 Å². The molecule has 0 fully saturated rings. The van der Waals surface area contributed by atoms with Gasteiger partial charge in [0.05, 0.1) is 4.90 Å². The van der Waals surface area contributed by atoms with Crippen molar-refractivity contribution in [1.29, 1.82) is 0 Å². The van der Waals surface area contributed by atoms with Crippen molar-refractivity contribution in [2.75, 3.05) is 18.5 Å². The van der Waals surface area contributed by atoms with E-state index in [1.165, 1.54) is 24.3 Å². The van der Waals surface area contributed by atoms with Gasteiger partial charge in [0.2, 0.25) is 9.84 Å². The van der Waals surface area contributed by atoms with E-state index in [9.17, 15) is 17.2 Å². The molecule has 7 heteroatoms. The Morgan fingerprint density at radius 3 is 2.21 bits per heavy atom. The first-order chi connectivity index (χ1) is 8.80. The van der Waals surface area contributed by atoms with Crippen molar-refractivity contribution in [3.8, 4) is 0 Å². The zero-order valence-corrected chi connectivity index (χ0v) is 11.7. The predicted octanol–water partition coefficient (Wildman–Crippen LogP) is 1.86. The highest BCUT2D eigenvalue weighted by molar-refractivity contribution is 7.91. The van der Waals surface area contributed by atoms with E-state index < -0.39 is 15.6 Å². The molecule has 1 aromatic carbocycles. The van der Waals surface area contributed by atoms with Crippen molar-refractivity contribution >= 4 is 15.5 Å². The maximum absolute atomic E-state index is 12.4. The summed E-state index contributed by atoms with van der Waals surface area (Å²) < 4.78 is 47.3. The fourth-order valence-electron chi connectivity index (χ4n) is 1.66. The van der Waals surface area contributed by atoms with Gasteiger partial charge in [-0.25, -0.2) is 8.42 Å². The summed E-state index contributed by atoms with van der Waals surface area (Å²) in [5, 5.41) is 0. The molecule has 0 aromatic heterocycles. The van der Waals surface area contributed by atoms with Gasteiger partial charge in [-0.3, -0.25) is 0 Å². The second-order valence-corrected chi connectivity index (χ2v) is 6.25. The van der Waals surface area contributed by atoms with Gasteiger partial charge in [-0.15, -0.1) is 0 Å². The van der Waals surface area contributed by atoms with Crippen LogP contribution in [0.4, 0.5) is 14.5 Å². The zero-order chi connectivity index (χ0) is 14.6. The molecule has 1 atom stereocenters. The number of nitrogens with two attached hydrogens (primary N) is 1. The number of rotatable bonds is 6. The Labute approximate surface area is 112 Å². The summed E-state index contributed by atoms with van der Waals surface area (Å²) in [4.78, 5) is 1.55. The quantitative estimate of drug-likeness (QED) is 0.869. The third-order valence-electron chi connectivity index (χ3n) is 3.05. The highest BCUT2D eigenvalue weighted by atomic mass is 32.2. The fourth-order valence-corrected chi connectivity index (χ4v) is 2.38. The molecule has 0 aliphatic heterocycles. The average molecular weight is 292 g/mol. The molecule has 0 saturated carbocycles. The maximum atomic E-state index is 12.4. The number of nitrogens with zero attached hydrogens (tertiary/aromatic N) is 1. The number of alkyl halides is 2. The van der Waals surface area contributed by atoms with Crippen molar-refractivity contribution in [2.24, 2.45) is 5.73 Å². The highest BCUT2D eigenvalue weighted by Gasteiger charge is 2.26. The third-order valence-corrected chi connectivity index (χ3v) is 4.45. The number of anilines is 1. The molecular weight excluding hydrogens is 274 g/mol. The standard InChI is InChI=1S/C12H18F2N2O2S/c1-9(7-8-15)16(2)10-3-5-11(6-4-10)19(17,18)12(13)14/h3-6,9,12H,7-8,15H2,1-2H3. The Hall–Kier alpha value is -1.21. The Morgan fingerprint density at radius 2 is 1.79 bits per heavy atom. The Kier molecular flexibility index (Phi) is 5.25. The normalized spacial score (nSPS) is 13.6. The monoisotopic (exact) mass is 292 g/mol. The molecule has 0 aliphatic rings. The maximum Gasteiger partial charge on any atom is 0.341 e. The van der Waals surface area contributed by atoms with Gasteiger partial charge in [0.1, 0.15) is 0 Å². The molecule has 0 heterocycles. The van der Waals surface area contributed by atoms with Gasteiger partial charge in [0, 0.05) is 18.8 Å². The van der Waals surface area contributed by atoms with Crippen molar-refractivity contribution < 1.29 is 17.2 Å². The van der Waals surface area contributed by atoms with Crippen molar-refractivity contribution in [1.82, 2.24) is 0 Å². The summed E-state index contributed by atoms with van der Waals surface area (Å²) in [7, 11) is -2.68. The lowest BCUT2D eigenvalue weighted by atomic mass is 10.2. The molecule has 2 N–H and O–H groups in total. The number of benzene rings is 1. The summed E-state index contributed by atoms with van der Waals surface area (Å²) in [6.45, 7) is 2.53. The number of halogens is 2. The van der Waals surface area contributed by atoms with E-state index in [1.54, 1.807) is 0 Å². The minimum Gasteiger partial charge on any atom is -0.372 e. The second-order valence-electron chi connectivity index (χ2n) is 4.34. The van der Waals surface area contributed by atoms with Crippen LogP contribution in [0.15, 0.2) is 29.2 Å². The van der Waals surface area contributed by atoms with Crippen LogP contribution in [0, 0.1) is 0 Å². The van der Waals surface area contributed by atoms with E-state index in [4.69, 9.17) is 5.73 Å². The first-order valence-electron chi connectivity index (χ1n) is 5.85. The van der Waals surface area contributed by atoms with Crippen molar-refractivity contribution in [2.45, 2.75) is 30.0 Å². The van der Waals surface area contributed by atoms with Crippen LogP contribution in [0.2, 0.25) is 0 Å². The van der Waals surface area contributed by atoms with Crippen LogP contribution in [0.3, 0.4) is 0 Å². The fraction of sp³-hybridized carbons (Fsp3) is 0.500. The summed E-state index contributed by atoms with van der Waals surface area (Å²) in [5.41, 5.74) is 6.23. The van der Waals surface area contributed by atoms with Gasteiger partial charge in [-0.1, -0.05) is 0 Å². The summed E-state index contributed by atoms with van der Waals surface area (Å²) in [5.74, 6) is -3.40. The third kappa shape index (κ3) is 3.63. The molecule has 1 aromatic rings. The molecule has 0 saturated heterocycles. The van der Waals surface area contributed by atoms with Gasteiger partial charge in [0.15, 0.2) is 0 Å². The molecule has 0 amide bonds. The van der Waals surface area contributed by atoms with E-state index in [-0.39, 0.29) is 10.9 Å². The minimum atomic E-state index is -4.52. The molecule has 0 bridgehead atoms. The van der Waals surface area contributed by atoms with Gasteiger partial charge in [-0.2, -0.15) is 8.78 Å². The van der Waals surface area contributed by atoms with E-state index in [0.29, 0.717) is 6.54 Å². The molecular formula is C12H18F2N2O2S. The topological polar surface area (TPSA) is 63.4 Å². The first-order valence-corrected chi connectivity index (χ1v) is 7.40. The summed E-state index contributed by atoms with van der Waals surface area (Å²) in [6.07, 6.45) is 0.785. The largest absolute Gasteiger partial charge is 0.372 e. The summed E-state index contributed by atoms with van der Waals surface area (Å²) >= 11 is 0. The second kappa shape index (κ2) is 6.29. The van der Waals surface area contributed by atoms with Gasteiger partial charge in [-0.05, 0) is 44.2 Å². The van der Waals surface area contributed by atoms with E-state index in [1.807, 2.05) is 18.9 Å². The first kappa shape index (κ1) is 15.8. The van der Waals surface area contributed by atoms with Crippen LogP contribution >= 0.6 is 0 Å². The van der Waals surface area contributed by atoms with Crippen LogP contribution < -0.4 is 10.6 Å². The van der Waals surface area contributed by atoms with Crippen LogP contribution in [0.1, 0.15) is 13.3 Å². The number of hydrogen-bond acceptors (Lipinski definition) is 4. The molecule has 4 nitrogen and oxygen atoms in total. The molecule has 1 unspecified atom stereocenters. The van der Waals surface area contributed by atoms with E-state index in [2.05, 4.69) is 0 Å². The van der Waals surface area contributed by atoms with Gasteiger partial charge >= 0.3 is 5.76 Å². The molecule has 0 aliphatic carbocycles. The lowest BCUT2D eigenvalue weighted by molar-refractivity contribution is 0.234. The zero-order valence-electron chi connectivity index (χ0n) is 10.9. The van der Waals surface area contributed by atoms with E-state index in [0.717, 1.165) is 12.1 Å². The summed E-state index contributed by atoms with van der Waals surface area (Å²) in [6, 6.07) is 5.61. The average Bonchev–Trinajstić information content (AvgIpc) is 2.38. The van der Waals surface area contributed by atoms with Crippen molar-refractivity contribution in [3.63, 3.8) is 0 Å². The predicted molar refractivity (Wildman–Crippen MR) is 71.2 cm³/mol. The Balaban J connectivity index is 2.94. The molecule has 19 heavy (non-hydrogen) atoms. The Bertz CT molecular complexity index is 503. The SMILES string of the molecule is CC(CCN)N(C)c1ccc(S(=O)(=O)C(F)F)cc1. The minimum absolute atomic E-state index is 0.183. The lowest BCUT2D eigenvalue weighted by Gasteiger charge is -2.26. The van der Waals surface area contributed by atoms with Crippen LogP contribution in [0.5, 0.6) is 0 Å².